The van der Waals surface area contributed by atoms with Gasteiger partial charge in [-0.3, -0.25) is 5.41 Å². The summed E-state index contributed by atoms with van der Waals surface area (Å²) in [6, 6.07) is 7.14. The predicted octanol–water partition coefficient (Wildman–Crippen LogP) is 1.16. The topological polar surface area (TPSA) is 68.3 Å². The Morgan fingerprint density at radius 1 is 1.43 bits per heavy atom. The van der Waals surface area contributed by atoms with Gasteiger partial charge in [0, 0.05) is 0 Å². The molecule has 0 aliphatic rings. The van der Waals surface area contributed by atoms with Crippen molar-refractivity contribution in [1.29, 1.82) is 5.41 Å². The minimum absolute atomic E-state index is 0.0509. The first kappa shape index (κ1) is 10.2. The number of rotatable bonds is 2. The van der Waals surface area contributed by atoms with Crippen LogP contribution in [0.3, 0.4) is 0 Å². The van der Waals surface area contributed by atoms with Crippen LogP contribution in [0.1, 0.15) is 12.5 Å². The van der Waals surface area contributed by atoms with E-state index in [4.69, 9.17) is 15.3 Å². The number of para-hydroxylation sites is 1. The number of aliphatic imine (C=N–C) groups is 1. The summed E-state index contributed by atoms with van der Waals surface area (Å²) in [6.45, 7) is 1.53. The minimum atomic E-state index is 0.0509. The molecule has 0 radical (unpaired) electrons. The predicted molar refractivity (Wildman–Crippen MR) is 56.5 cm³/mol. The average Bonchev–Trinajstić information content (AvgIpc) is 2.16. The second-order valence-electron chi connectivity index (χ2n) is 2.75. The number of benzene rings is 1. The maximum Gasteiger partial charge on any atom is 0.369 e. The summed E-state index contributed by atoms with van der Waals surface area (Å²) in [6.07, 6.45) is 0. The lowest BCUT2D eigenvalue weighted by atomic mass is 10.2. The van der Waals surface area contributed by atoms with Gasteiger partial charge in [-0.15, -0.1) is 0 Å². The van der Waals surface area contributed by atoms with Crippen LogP contribution in [0.5, 0.6) is 5.75 Å². The van der Waals surface area contributed by atoms with E-state index in [0.717, 1.165) is 0 Å². The molecule has 14 heavy (non-hydrogen) atoms. The highest BCUT2D eigenvalue weighted by molar-refractivity contribution is 6.02. The van der Waals surface area contributed by atoms with E-state index < -0.39 is 0 Å². The van der Waals surface area contributed by atoms with Crippen molar-refractivity contribution in [2.75, 3.05) is 7.11 Å². The molecule has 0 aromatic heterocycles. The highest BCUT2D eigenvalue weighted by atomic mass is 16.5. The Kier molecular flexibility index (Phi) is 3.23. The van der Waals surface area contributed by atoms with Gasteiger partial charge in [-0.25, -0.2) is 0 Å². The van der Waals surface area contributed by atoms with Crippen molar-refractivity contribution in [3.8, 4) is 5.75 Å². The Labute approximate surface area is 82.4 Å². The van der Waals surface area contributed by atoms with Gasteiger partial charge in [0.2, 0.25) is 0 Å². The number of ether oxygens (including phenoxy) is 1. The van der Waals surface area contributed by atoms with Crippen LogP contribution in [0.2, 0.25) is 0 Å². The highest BCUT2D eigenvalue weighted by Gasteiger charge is 2.12. The molecule has 1 rings (SSSR count). The smallest absolute Gasteiger partial charge is 0.369 e. The molecule has 0 fully saturated rings. The van der Waals surface area contributed by atoms with Crippen molar-refractivity contribution >= 4 is 11.7 Å². The largest absolute Gasteiger partial charge is 0.578 e. The van der Waals surface area contributed by atoms with Crippen molar-refractivity contribution in [3.05, 3.63) is 29.8 Å². The van der Waals surface area contributed by atoms with Crippen LogP contribution in [0.25, 0.3) is 0 Å². The number of hydrogen-bond acceptors (Lipinski definition) is 2. The van der Waals surface area contributed by atoms with E-state index in [-0.39, 0.29) is 11.7 Å². The van der Waals surface area contributed by atoms with Gasteiger partial charge >= 0.3 is 5.90 Å². The normalized spacial score (nSPS) is 11.1. The zero-order chi connectivity index (χ0) is 10.6. The van der Waals surface area contributed by atoms with Crippen molar-refractivity contribution in [3.63, 3.8) is 0 Å². The molecule has 0 atom stereocenters. The van der Waals surface area contributed by atoms with Crippen molar-refractivity contribution in [2.45, 2.75) is 6.92 Å². The third-order valence-corrected chi connectivity index (χ3v) is 1.64. The molecule has 0 heterocycles. The summed E-state index contributed by atoms with van der Waals surface area (Å²) in [5.41, 5.74) is 0.599. The number of amidine groups is 1. The molecule has 0 aliphatic heterocycles. The molecule has 4 nitrogen and oxygen atoms in total. The van der Waals surface area contributed by atoms with E-state index >= 15 is 0 Å². The summed E-state index contributed by atoms with van der Waals surface area (Å²) in [4.78, 5) is 3.74. The van der Waals surface area contributed by atoms with Gasteiger partial charge in [0.15, 0.2) is 0 Å². The Balaban J connectivity index is 3.11. The lowest BCUT2D eigenvalue weighted by molar-refractivity contribution is 0.411. The van der Waals surface area contributed by atoms with Gasteiger partial charge in [-0.05, 0) is 19.1 Å². The fourth-order valence-corrected chi connectivity index (χ4v) is 1.07. The molecule has 0 spiro atoms. The van der Waals surface area contributed by atoms with Crippen LogP contribution >= 0.6 is 0 Å². The molecule has 74 valence electrons. The summed E-state index contributed by atoms with van der Waals surface area (Å²) < 4.78 is 5.08. The molecule has 0 bridgehead atoms. The zero-order valence-electron chi connectivity index (χ0n) is 8.16. The third kappa shape index (κ3) is 2.32. The lowest BCUT2D eigenvalue weighted by Gasteiger charge is -2.02. The lowest BCUT2D eigenvalue weighted by Crippen LogP contribution is -2.04. The minimum Gasteiger partial charge on any atom is -0.578 e. The van der Waals surface area contributed by atoms with Crippen molar-refractivity contribution in [1.82, 2.24) is 0 Å². The van der Waals surface area contributed by atoms with Gasteiger partial charge in [0.25, 0.3) is 0 Å². The van der Waals surface area contributed by atoms with Gasteiger partial charge in [0.05, 0.1) is 7.11 Å². The first-order chi connectivity index (χ1) is 6.65. The molecule has 0 saturated heterocycles. The maximum absolute atomic E-state index is 7.62. The van der Waals surface area contributed by atoms with Crippen LogP contribution in [-0.2, 0) is 0 Å². The van der Waals surface area contributed by atoms with Crippen molar-refractivity contribution < 1.29 is 9.84 Å². The standard InChI is InChI=1S/C10H12N2O2/c1-7(11)12-10(13)8-5-3-4-6-9(8)14-2/h3-6H,1-2H3,(H2,11,12,13)/p+1. The molecular weight excluding hydrogens is 180 g/mol. The van der Waals surface area contributed by atoms with Crippen LogP contribution in [0.4, 0.5) is 0 Å². The fourth-order valence-electron chi connectivity index (χ4n) is 1.07. The average molecular weight is 193 g/mol. The molecule has 0 amide bonds. The quantitative estimate of drug-likeness (QED) is 0.427. The second kappa shape index (κ2) is 4.41. The van der Waals surface area contributed by atoms with E-state index in [1.807, 2.05) is 6.07 Å². The van der Waals surface area contributed by atoms with Crippen LogP contribution in [0.15, 0.2) is 29.3 Å². The Morgan fingerprint density at radius 2 is 2.07 bits per heavy atom. The van der Waals surface area contributed by atoms with E-state index in [9.17, 15) is 0 Å². The molecule has 0 aliphatic carbocycles. The van der Waals surface area contributed by atoms with E-state index in [1.54, 1.807) is 25.3 Å². The summed E-state index contributed by atoms with van der Waals surface area (Å²) in [7, 11) is 1.55. The second-order valence-corrected chi connectivity index (χ2v) is 2.75. The fraction of sp³-hybridized carbons (Fsp3) is 0.200. The highest BCUT2D eigenvalue weighted by Crippen LogP contribution is 2.17. The van der Waals surface area contributed by atoms with E-state index in [2.05, 4.69) is 4.99 Å². The Bertz CT molecular complexity index is 372. The van der Waals surface area contributed by atoms with Crippen LogP contribution in [-0.4, -0.2) is 23.9 Å². The monoisotopic (exact) mass is 193 g/mol. The van der Waals surface area contributed by atoms with Gasteiger partial charge in [0.1, 0.15) is 17.1 Å². The SMILES string of the molecule is COc1ccccc1C([OH2+])=NC(C)=N. The third-order valence-electron chi connectivity index (χ3n) is 1.64. The van der Waals surface area contributed by atoms with E-state index in [0.29, 0.717) is 11.3 Å². The van der Waals surface area contributed by atoms with Crippen molar-refractivity contribution in [2.24, 2.45) is 4.99 Å². The molecule has 1 aromatic rings. The van der Waals surface area contributed by atoms with Gasteiger partial charge in [-0.2, -0.15) is 4.99 Å². The number of hydrogen-bond donors (Lipinski definition) is 1. The Hall–Kier alpha value is -1.84. The number of nitrogens with zero attached hydrogens (tertiary/aromatic N) is 1. The summed E-state index contributed by atoms with van der Waals surface area (Å²) >= 11 is 0. The van der Waals surface area contributed by atoms with Crippen LogP contribution < -0.4 is 4.74 Å². The van der Waals surface area contributed by atoms with Gasteiger partial charge in [-0.1, -0.05) is 12.1 Å². The first-order valence-corrected chi connectivity index (χ1v) is 4.14. The van der Waals surface area contributed by atoms with Crippen LogP contribution in [0, 0.1) is 5.41 Å². The van der Waals surface area contributed by atoms with E-state index in [1.165, 1.54) is 6.92 Å². The molecule has 3 N–H and O–H groups in total. The summed E-state index contributed by atoms with van der Waals surface area (Å²) in [5, 5.41) is 14.8. The molecule has 4 heteroatoms. The zero-order valence-corrected chi connectivity index (χ0v) is 8.16. The molecule has 1 aromatic carbocycles. The maximum atomic E-state index is 7.62. The number of methoxy groups -OCH3 is 1. The molecule has 0 saturated carbocycles. The molecular formula is C10H13N2O2+. The number of nitrogens with one attached hydrogen (secondary N) is 1. The summed E-state index contributed by atoms with van der Waals surface area (Å²) in [5.74, 6) is 0.762. The first-order valence-electron chi connectivity index (χ1n) is 4.14. The van der Waals surface area contributed by atoms with Gasteiger partial charge < -0.3 is 9.84 Å². The Morgan fingerprint density at radius 3 is 2.64 bits per heavy atom. The molecule has 0 unspecified atom stereocenters.